The normalized spacial score (nSPS) is 16.6. The van der Waals surface area contributed by atoms with Crippen molar-refractivity contribution in [2.75, 3.05) is 29.4 Å². The summed E-state index contributed by atoms with van der Waals surface area (Å²) in [5.41, 5.74) is 19.6. The largest absolute Gasteiger partial charge is 0.371 e. The number of anilines is 8. The number of benzene rings is 5. The molecule has 13 aromatic rings. The van der Waals surface area contributed by atoms with E-state index < -0.39 is 0 Å². The van der Waals surface area contributed by atoms with Gasteiger partial charge in [0.15, 0.2) is 48.4 Å². The average Bonchev–Trinajstić information content (AvgIpc) is 1.57. The number of fused-ring (bicyclic) bond motifs is 3. The lowest BCUT2D eigenvalue weighted by Gasteiger charge is -2.41. The van der Waals surface area contributed by atoms with Crippen LogP contribution in [0.1, 0.15) is 258 Å². The molecule has 0 saturated carbocycles. The molecule has 0 spiro atoms. The van der Waals surface area contributed by atoms with Crippen LogP contribution in [0.2, 0.25) is 0 Å². The fourth-order valence-corrected chi connectivity index (χ4v) is 21.4. The third-order valence-electron chi connectivity index (χ3n) is 28.0. The highest BCUT2D eigenvalue weighted by Gasteiger charge is 2.52. The molecule has 22 heteroatoms. The highest BCUT2D eigenvalue weighted by molar-refractivity contribution is 5.85. The Labute approximate surface area is 764 Å². The smallest absolute Gasteiger partial charge is 0.352 e. The Hall–Kier alpha value is -11.9. The van der Waals surface area contributed by atoms with Crippen molar-refractivity contribution < 1.29 is 18.5 Å². The van der Waals surface area contributed by atoms with Crippen LogP contribution in [0.25, 0.3) is 22.3 Å². The second-order valence-corrected chi connectivity index (χ2v) is 39.8. The third-order valence-corrected chi connectivity index (χ3v) is 28.0. The van der Waals surface area contributed by atoms with Gasteiger partial charge in [0.1, 0.15) is 53.3 Å². The molecule has 0 saturated heterocycles. The molecule has 0 amide bonds. The maximum absolute atomic E-state index is 4.69. The van der Waals surface area contributed by atoms with Crippen LogP contribution in [0.3, 0.4) is 0 Å². The van der Waals surface area contributed by atoms with E-state index in [0.29, 0.717) is 35.8 Å². The molecule has 128 heavy (non-hydrogen) atoms. The number of imidazole rings is 3. The van der Waals surface area contributed by atoms with E-state index in [1.165, 1.54) is 102 Å². The van der Waals surface area contributed by atoms with E-state index in [1.807, 2.05) is 10.9 Å². The summed E-state index contributed by atoms with van der Waals surface area (Å²) < 4.78 is 27.1. The first kappa shape index (κ1) is 92.2. The summed E-state index contributed by atoms with van der Waals surface area (Å²) in [7, 11) is 17.0. The van der Waals surface area contributed by atoms with Crippen LogP contribution in [0.5, 0.6) is 0 Å². The van der Waals surface area contributed by atoms with Crippen LogP contribution in [0.15, 0.2) is 220 Å². The van der Waals surface area contributed by atoms with E-state index in [0.717, 1.165) is 23.4 Å². The van der Waals surface area contributed by atoms with Gasteiger partial charge in [0.25, 0.3) is 0 Å². The maximum Gasteiger partial charge on any atom is 0.371 e. The van der Waals surface area contributed by atoms with Gasteiger partial charge < -0.3 is 43.1 Å². The first-order chi connectivity index (χ1) is 60.4. The lowest BCUT2D eigenvalue weighted by molar-refractivity contribution is -0.789. The summed E-state index contributed by atoms with van der Waals surface area (Å²) in [4.78, 5) is 24.3. The van der Waals surface area contributed by atoms with Gasteiger partial charge in [-0.1, -0.05) is 134 Å². The molecular formula is C106H148N22+4. The van der Waals surface area contributed by atoms with Crippen molar-refractivity contribution in [2.24, 2.45) is 56.4 Å². The molecule has 678 valence electrons. The Morgan fingerprint density at radius 3 is 1.16 bits per heavy atom. The molecule has 0 aliphatic carbocycles. The minimum Gasteiger partial charge on any atom is -0.352 e. The number of nitrogens with zero attached hydrogens (tertiary/aromatic N) is 22. The van der Waals surface area contributed by atoms with Crippen molar-refractivity contribution in [3.63, 3.8) is 0 Å². The molecule has 12 heterocycles. The minimum absolute atomic E-state index is 0.0752. The molecule has 0 radical (unpaired) electrons. The van der Waals surface area contributed by atoms with Crippen LogP contribution in [0.4, 0.5) is 46.3 Å². The highest BCUT2D eigenvalue weighted by atomic mass is 15.5. The maximum atomic E-state index is 4.69. The Balaban J connectivity index is 0.000000140. The Kier molecular flexibility index (Phi) is 25.4. The van der Waals surface area contributed by atoms with Gasteiger partial charge in [0.05, 0.1) is 110 Å². The molecule has 22 nitrogen and oxygen atoms in total. The second-order valence-electron chi connectivity index (χ2n) is 39.8. The molecule has 0 N–H and O–H groups in total. The zero-order valence-electron chi connectivity index (χ0n) is 83.4. The van der Waals surface area contributed by atoms with Gasteiger partial charge in [-0.25, -0.2) is 33.1 Å². The number of hydrogen-bond donors (Lipinski definition) is 0. The summed E-state index contributed by atoms with van der Waals surface area (Å²) in [6.07, 6.45) is 26.8. The van der Waals surface area contributed by atoms with Gasteiger partial charge >= 0.3 is 11.9 Å². The topological polar surface area (TPSA) is 107 Å². The van der Waals surface area contributed by atoms with Crippen molar-refractivity contribution in [3.05, 3.63) is 277 Å². The van der Waals surface area contributed by atoms with Gasteiger partial charge in [0, 0.05) is 76.1 Å². The number of aryl methyl sites for hydroxylation is 7. The van der Waals surface area contributed by atoms with E-state index in [9.17, 15) is 0 Å². The molecule has 8 aromatic heterocycles. The van der Waals surface area contributed by atoms with E-state index in [1.54, 1.807) is 0 Å². The van der Waals surface area contributed by atoms with Crippen molar-refractivity contribution in [1.82, 2.24) is 56.8 Å². The van der Waals surface area contributed by atoms with Crippen LogP contribution in [0, 0.1) is 13.8 Å². The van der Waals surface area contributed by atoms with Crippen molar-refractivity contribution in [1.29, 1.82) is 0 Å². The summed E-state index contributed by atoms with van der Waals surface area (Å²) in [5.74, 6) is 7.39. The summed E-state index contributed by atoms with van der Waals surface area (Å²) in [6, 6.07) is 54.0. The van der Waals surface area contributed by atoms with Gasteiger partial charge in [-0.3, -0.25) is 4.68 Å². The second kappa shape index (κ2) is 35.3. The van der Waals surface area contributed by atoms with Crippen LogP contribution in [-0.2, 0) is 78.5 Å². The van der Waals surface area contributed by atoms with E-state index in [-0.39, 0.29) is 46.8 Å². The zero-order valence-corrected chi connectivity index (χ0v) is 83.4. The van der Waals surface area contributed by atoms with Crippen LogP contribution >= 0.6 is 0 Å². The zero-order chi connectivity index (χ0) is 92.9. The predicted molar refractivity (Wildman–Crippen MR) is 525 cm³/mol. The lowest BCUT2D eigenvalue weighted by atomic mass is 9.92. The summed E-state index contributed by atoms with van der Waals surface area (Å²) >= 11 is 0. The van der Waals surface area contributed by atoms with E-state index in [2.05, 4.69) is 550 Å². The monoisotopic (exact) mass is 1730 g/mol. The molecule has 0 fully saturated rings. The quantitative estimate of drug-likeness (QED) is 0.0685. The fourth-order valence-electron chi connectivity index (χ4n) is 21.4. The number of aromatic nitrogens is 14. The lowest BCUT2D eigenvalue weighted by Crippen LogP contribution is -2.52. The fraction of sp³-hybridized carbons (Fsp3) is 0.453. The summed E-state index contributed by atoms with van der Waals surface area (Å²) in [5, 5.41) is 5.98. The summed E-state index contributed by atoms with van der Waals surface area (Å²) in [6.45, 7) is 58.9. The first-order valence-electron chi connectivity index (χ1n) is 46.5. The van der Waals surface area contributed by atoms with E-state index >= 15 is 0 Å². The minimum atomic E-state index is -0.283. The number of hydrogen-bond acceptors (Lipinski definition) is 10. The molecule has 0 bridgehead atoms. The van der Waals surface area contributed by atoms with Crippen molar-refractivity contribution >= 4 is 57.2 Å². The van der Waals surface area contributed by atoms with Gasteiger partial charge in [-0.05, 0) is 231 Å². The Morgan fingerprint density at radius 1 is 0.383 bits per heavy atom. The standard InChI is InChI=1S/2C32H43N6.C23H32N5.C19H30N5/c1-21(2)25-14-13-15-26(22(3)4)30(25)36-19-18-34(9)31(36)37-24(6)38(28-17-12-11-16-27(28)37)32(7,8)29-20-33-23(5)35(29)10;1-21(2)25-14-13-15-26(22(3)4)30(25)36-19-18-34(9)31(36)37-24(6)38(28-17-12-11-16-27(28)37)32(7,8)29-20-23(5)33-35(29)10;1-17(2)28-13-12-22(25(28)7)26-14-15-27(18(26)3)23(4,5)21-16-19-10-8-9-11-20(19)24(21)6;1-15(2)24-12-10-18(21(24)7)22-13-14-23(16(22)3)19(4,5)17-9-8-11-20(17)6/h2*11-22,24H,1-10H3;8-18H,1-7H3;8-16H,1-7H3/q4*+1/t2*24-;18-;16-/m1111/s1. The van der Waals surface area contributed by atoms with Crippen molar-refractivity contribution in [3.8, 4) is 11.4 Å². The average molecular weight is 1730 g/mol. The number of rotatable bonds is 20. The Bertz CT molecular complexity index is 5960. The van der Waals surface area contributed by atoms with Gasteiger partial charge in [-0.2, -0.15) is 5.10 Å². The Morgan fingerprint density at radius 2 is 0.789 bits per heavy atom. The van der Waals surface area contributed by atoms with Gasteiger partial charge in [0.2, 0.25) is 0 Å². The molecule has 17 rings (SSSR count). The van der Waals surface area contributed by atoms with E-state index in [4.69, 9.17) is 0 Å². The van der Waals surface area contributed by atoms with Crippen LogP contribution < -0.4 is 47.9 Å². The number of para-hydroxylation sites is 7. The predicted octanol–water partition coefficient (Wildman–Crippen LogP) is 21.0. The van der Waals surface area contributed by atoms with Crippen LogP contribution in [-0.4, -0.2) is 81.4 Å². The molecular weight excluding hydrogens is 1580 g/mol. The van der Waals surface area contributed by atoms with Gasteiger partial charge in [-0.15, -0.1) is 18.7 Å². The molecule has 4 atom stereocenters. The first-order valence-corrected chi connectivity index (χ1v) is 46.5. The molecule has 4 aliphatic rings. The van der Waals surface area contributed by atoms with Crippen molar-refractivity contribution in [2.45, 2.75) is 263 Å². The third kappa shape index (κ3) is 16.0. The molecule has 4 aliphatic heterocycles. The highest BCUT2D eigenvalue weighted by Crippen LogP contribution is 2.53. The molecule has 0 unspecified atom stereocenters. The molecule has 5 aromatic carbocycles. The SMILES string of the molecule is CC(C)[n+]1ccc(N2C=CN(C(C)(C)c3cc4ccccc4n3C)[C@@H]2C)n1C.CC(C)[n+]1ccc(N2C=CN(C(C)(C)c3cccn3C)[C@@H]2C)n1C.Cc1cc(C(C)(C)N2c3ccccc3N(c3n(-c4c(C(C)C)cccc4C(C)C)cc[n+]3C)[C@H]2C)n(C)n1.Cc1ncc(C(C)(C)N2c3ccccc3N(c3n(-c4c(C(C)C)cccc4C(C)C)cc[n+]3C)[C@H]2C)n1C.